The van der Waals surface area contributed by atoms with Gasteiger partial charge in [0, 0.05) is 5.56 Å². The Morgan fingerprint density at radius 2 is 1.95 bits per heavy atom. The lowest BCUT2D eigenvalue weighted by Gasteiger charge is -2.29. The van der Waals surface area contributed by atoms with Gasteiger partial charge in [-0.3, -0.25) is 0 Å². The maximum Gasteiger partial charge on any atom is 0.235 e. The summed E-state index contributed by atoms with van der Waals surface area (Å²) in [5.41, 5.74) is 3.01. The molecule has 4 heteroatoms. The summed E-state index contributed by atoms with van der Waals surface area (Å²) in [7, 11) is 1.65. The molecular formula is C17H20ClNO2. The number of isocyanates is 1. The lowest BCUT2D eigenvalue weighted by atomic mass is 9.82. The van der Waals surface area contributed by atoms with Crippen LogP contribution in [0.3, 0.4) is 0 Å². The molecule has 3 nitrogen and oxygen atoms in total. The largest absolute Gasteiger partial charge is 0.495 e. The van der Waals surface area contributed by atoms with Crippen LogP contribution in [0.4, 0.5) is 0 Å². The van der Waals surface area contributed by atoms with Crippen molar-refractivity contribution in [1.29, 1.82) is 0 Å². The highest BCUT2D eigenvalue weighted by molar-refractivity contribution is 6.33. The number of ether oxygens (including phenoxy) is 1. The molecule has 0 aliphatic heterocycles. The molecule has 2 aliphatic rings. The van der Waals surface area contributed by atoms with Crippen molar-refractivity contribution in [2.75, 3.05) is 7.11 Å². The van der Waals surface area contributed by atoms with Crippen LogP contribution < -0.4 is 4.74 Å². The van der Waals surface area contributed by atoms with E-state index in [1.165, 1.54) is 24.0 Å². The summed E-state index contributed by atoms with van der Waals surface area (Å²) in [6, 6.07) is 2.19. The van der Waals surface area contributed by atoms with Gasteiger partial charge >= 0.3 is 0 Å². The van der Waals surface area contributed by atoms with E-state index in [4.69, 9.17) is 16.3 Å². The number of fused-ring (bicyclic) bond motifs is 1. The fraction of sp³-hybridized carbons (Fsp3) is 0.588. The molecule has 0 spiro atoms. The van der Waals surface area contributed by atoms with Gasteiger partial charge in [-0.2, -0.15) is 4.99 Å². The van der Waals surface area contributed by atoms with Crippen LogP contribution in [0.25, 0.3) is 0 Å². The highest BCUT2D eigenvalue weighted by Crippen LogP contribution is 2.49. The van der Waals surface area contributed by atoms with Crippen LogP contribution >= 0.6 is 11.6 Å². The normalized spacial score (nSPS) is 19.7. The lowest BCUT2D eigenvalue weighted by molar-refractivity contribution is 0.378. The first-order valence-electron chi connectivity index (χ1n) is 7.69. The monoisotopic (exact) mass is 305 g/mol. The summed E-state index contributed by atoms with van der Waals surface area (Å²) in [6.07, 6.45) is 10.1. The lowest BCUT2D eigenvalue weighted by Crippen LogP contribution is -2.21. The first-order valence-corrected chi connectivity index (χ1v) is 8.07. The number of benzene rings is 1. The Morgan fingerprint density at radius 1 is 1.24 bits per heavy atom. The average Bonchev–Trinajstić information content (AvgIpc) is 2.97. The fourth-order valence-electron chi connectivity index (χ4n) is 3.87. The van der Waals surface area contributed by atoms with Gasteiger partial charge in [-0.25, -0.2) is 4.79 Å². The highest BCUT2D eigenvalue weighted by Gasteiger charge is 2.39. The Kier molecular flexibility index (Phi) is 4.05. The van der Waals surface area contributed by atoms with E-state index < -0.39 is 5.54 Å². The van der Waals surface area contributed by atoms with Crippen LogP contribution in [-0.2, 0) is 23.2 Å². The maximum atomic E-state index is 10.9. The number of methoxy groups -OCH3 is 1. The van der Waals surface area contributed by atoms with Gasteiger partial charge in [0.05, 0.1) is 12.1 Å². The van der Waals surface area contributed by atoms with Crippen molar-refractivity contribution in [3.05, 3.63) is 27.8 Å². The minimum atomic E-state index is -0.483. The Balaban J connectivity index is 2.21. The molecular weight excluding hydrogens is 286 g/mol. The summed E-state index contributed by atoms with van der Waals surface area (Å²) in [6.45, 7) is 0. The van der Waals surface area contributed by atoms with Crippen molar-refractivity contribution in [2.45, 2.75) is 56.9 Å². The van der Waals surface area contributed by atoms with Crippen molar-refractivity contribution in [1.82, 2.24) is 0 Å². The van der Waals surface area contributed by atoms with Gasteiger partial charge in [0.1, 0.15) is 11.3 Å². The summed E-state index contributed by atoms with van der Waals surface area (Å²) in [5.74, 6) is 0.707. The molecule has 0 atom stereocenters. The molecule has 1 aromatic carbocycles. The van der Waals surface area contributed by atoms with Gasteiger partial charge in [0.2, 0.25) is 6.08 Å². The number of carbonyl (C=O) groups excluding carboxylic acids is 1. The third kappa shape index (κ3) is 2.39. The second kappa shape index (κ2) is 5.82. The Morgan fingerprint density at radius 3 is 2.62 bits per heavy atom. The number of hydrogen-bond acceptors (Lipinski definition) is 3. The molecule has 0 heterocycles. The number of hydrogen-bond donors (Lipinski definition) is 0. The Labute approximate surface area is 130 Å². The zero-order valence-corrected chi connectivity index (χ0v) is 13.1. The first-order chi connectivity index (χ1) is 10.2. The van der Waals surface area contributed by atoms with E-state index >= 15 is 0 Å². The summed E-state index contributed by atoms with van der Waals surface area (Å²) < 4.78 is 5.60. The van der Waals surface area contributed by atoms with Gasteiger partial charge in [-0.15, -0.1) is 0 Å². The second-order valence-corrected chi connectivity index (χ2v) is 6.44. The van der Waals surface area contributed by atoms with Crippen molar-refractivity contribution in [3.63, 3.8) is 0 Å². The van der Waals surface area contributed by atoms with E-state index in [1.54, 1.807) is 13.2 Å². The third-order valence-electron chi connectivity index (χ3n) is 4.93. The van der Waals surface area contributed by atoms with Crippen LogP contribution in [0.5, 0.6) is 5.75 Å². The van der Waals surface area contributed by atoms with E-state index in [0.717, 1.165) is 49.1 Å². The molecule has 2 aliphatic carbocycles. The number of aliphatic imine (C=N–C) groups is 1. The van der Waals surface area contributed by atoms with Gasteiger partial charge in [0.25, 0.3) is 0 Å². The molecule has 112 valence electrons. The smallest absolute Gasteiger partial charge is 0.235 e. The van der Waals surface area contributed by atoms with Crippen molar-refractivity contribution >= 4 is 17.7 Å². The van der Waals surface area contributed by atoms with Crippen molar-refractivity contribution < 1.29 is 9.53 Å². The van der Waals surface area contributed by atoms with Gasteiger partial charge < -0.3 is 4.74 Å². The van der Waals surface area contributed by atoms with Gasteiger partial charge in [-0.05, 0) is 55.7 Å². The van der Waals surface area contributed by atoms with Crippen LogP contribution in [0.1, 0.15) is 55.2 Å². The molecule has 3 rings (SSSR count). The molecule has 0 bridgehead atoms. The molecule has 1 fully saturated rings. The zero-order valence-electron chi connectivity index (χ0n) is 12.4. The molecule has 1 saturated carbocycles. The summed E-state index contributed by atoms with van der Waals surface area (Å²) in [4.78, 5) is 15.1. The highest BCUT2D eigenvalue weighted by atomic mass is 35.5. The van der Waals surface area contributed by atoms with E-state index in [9.17, 15) is 4.79 Å². The van der Waals surface area contributed by atoms with Crippen LogP contribution in [0, 0.1) is 0 Å². The summed E-state index contributed by atoms with van der Waals surface area (Å²) in [5, 5.41) is 0.720. The maximum absolute atomic E-state index is 10.9. The number of nitrogens with zero attached hydrogens (tertiary/aromatic N) is 1. The van der Waals surface area contributed by atoms with E-state index in [-0.39, 0.29) is 0 Å². The van der Waals surface area contributed by atoms with Crippen LogP contribution in [0.2, 0.25) is 5.02 Å². The molecule has 0 amide bonds. The predicted molar refractivity (Wildman–Crippen MR) is 82.9 cm³/mol. The molecule has 1 aromatic rings. The van der Waals surface area contributed by atoms with E-state index in [0.29, 0.717) is 5.75 Å². The number of rotatable bonds is 3. The molecule has 21 heavy (non-hydrogen) atoms. The predicted octanol–water partition coefficient (Wildman–Crippen LogP) is 4.33. The standard InChI is InChI=1S/C17H20ClNO2/c1-21-16-14(17(19-11-20)8-4-5-9-17)10-12-6-2-3-7-13(12)15(16)18/h10H,2-9H2,1H3. The van der Waals surface area contributed by atoms with Gasteiger partial charge in [0.15, 0.2) is 0 Å². The minimum absolute atomic E-state index is 0.483. The van der Waals surface area contributed by atoms with E-state index in [1.807, 2.05) is 0 Å². The molecule has 0 N–H and O–H groups in total. The van der Waals surface area contributed by atoms with Gasteiger partial charge in [-0.1, -0.05) is 24.4 Å². The fourth-order valence-corrected chi connectivity index (χ4v) is 4.26. The molecule has 0 radical (unpaired) electrons. The Bertz CT molecular complexity index is 599. The first kappa shape index (κ1) is 14.6. The summed E-state index contributed by atoms with van der Waals surface area (Å²) >= 11 is 6.61. The SMILES string of the molecule is COc1c(C2(N=C=O)CCCC2)cc2c(c1Cl)CCCC2. The number of aryl methyl sites for hydroxylation is 1. The van der Waals surface area contributed by atoms with Crippen LogP contribution in [-0.4, -0.2) is 13.2 Å². The second-order valence-electron chi connectivity index (χ2n) is 6.06. The molecule has 0 saturated heterocycles. The average molecular weight is 306 g/mol. The van der Waals surface area contributed by atoms with E-state index in [2.05, 4.69) is 11.1 Å². The third-order valence-corrected chi connectivity index (χ3v) is 5.33. The number of halogens is 1. The molecule has 0 aromatic heterocycles. The van der Waals surface area contributed by atoms with Crippen LogP contribution in [0.15, 0.2) is 11.1 Å². The van der Waals surface area contributed by atoms with Crippen molar-refractivity contribution in [3.8, 4) is 5.75 Å². The topological polar surface area (TPSA) is 38.7 Å². The zero-order chi connectivity index (χ0) is 14.9. The quantitative estimate of drug-likeness (QED) is 0.616. The minimum Gasteiger partial charge on any atom is -0.495 e. The molecule has 0 unspecified atom stereocenters. The Hall–Kier alpha value is -1.31. The van der Waals surface area contributed by atoms with Crippen molar-refractivity contribution in [2.24, 2.45) is 4.99 Å².